The maximum absolute atomic E-state index is 12.7. The zero-order valence-electron chi connectivity index (χ0n) is 17.3. The molecular formula is C25H22N4O3. The van der Waals surface area contributed by atoms with Crippen LogP contribution in [0.1, 0.15) is 21.6 Å². The number of nitrogen functional groups attached to an aromatic ring is 1. The molecule has 2 aromatic heterocycles. The van der Waals surface area contributed by atoms with E-state index < -0.39 is 5.91 Å². The second kappa shape index (κ2) is 10.1. The summed E-state index contributed by atoms with van der Waals surface area (Å²) in [6.07, 6.45) is 2.98. The van der Waals surface area contributed by atoms with Crippen LogP contribution in [0.3, 0.4) is 0 Å². The maximum atomic E-state index is 12.7. The maximum Gasteiger partial charge on any atom is 0.274 e. The Bertz CT molecular complexity index is 1170. The minimum Gasteiger partial charge on any atom is -0.485 e. The molecule has 4 aromatic rings. The van der Waals surface area contributed by atoms with Crippen molar-refractivity contribution in [2.45, 2.75) is 13.2 Å². The normalized spacial score (nSPS) is 10.4. The highest BCUT2D eigenvalue weighted by atomic mass is 16.5. The SMILES string of the molecule is Nc1ccc(NC(=O)c2cc(OCc3ccccc3)c(OCc3ccccc3)cn2)cn1. The number of nitrogens with zero attached hydrogens (tertiary/aromatic N) is 2. The van der Waals surface area contributed by atoms with Gasteiger partial charge in [-0.15, -0.1) is 0 Å². The number of rotatable bonds is 8. The molecule has 0 aliphatic rings. The molecule has 0 saturated heterocycles. The number of ether oxygens (including phenoxy) is 2. The molecule has 0 spiro atoms. The highest BCUT2D eigenvalue weighted by Gasteiger charge is 2.14. The van der Waals surface area contributed by atoms with E-state index in [4.69, 9.17) is 15.2 Å². The Labute approximate surface area is 185 Å². The van der Waals surface area contributed by atoms with E-state index in [0.717, 1.165) is 11.1 Å². The van der Waals surface area contributed by atoms with Gasteiger partial charge in [0, 0.05) is 6.07 Å². The number of aromatic nitrogens is 2. The van der Waals surface area contributed by atoms with Crippen LogP contribution in [0.4, 0.5) is 11.5 Å². The van der Waals surface area contributed by atoms with Crippen molar-refractivity contribution in [2.24, 2.45) is 0 Å². The van der Waals surface area contributed by atoms with Gasteiger partial charge < -0.3 is 20.5 Å². The zero-order chi connectivity index (χ0) is 22.2. The van der Waals surface area contributed by atoms with Crippen molar-refractivity contribution in [2.75, 3.05) is 11.1 Å². The largest absolute Gasteiger partial charge is 0.485 e. The van der Waals surface area contributed by atoms with Gasteiger partial charge in [-0.05, 0) is 23.3 Å². The number of hydrogen-bond donors (Lipinski definition) is 2. The summed E-state index contributed by atoms with van der Waals surface area (Å²) >= 11 is 0. The average Bonchev–Trinajstić information content (AvgIpc) is 2.84. The number of amides is 1. The number of anilines is 2. The Hall–Kier alpha value is -4.39. The Morgan fingerprint density at radius 3 is 2.00 bits per heavy atom. The number of carbonyl (C=O) groups excluding carboxylic acids is 1. The van der Waals surface area contributed by atoms with Gasteiger partial charge in [-0.3, -0.25) is 4.79 Å². The topological polar surface area (TPSA) is 99.4 Å². The van der Waals surface area contributed by atoms with E-state index in [0.29, 0.717) is 36.2 Å². The Morgan fingerprint density at radius 1 is 0.781 bits per heavy atom. The van der Waals surface area contributed by atoms with E-state index in [9.17, 15) is 4.79 Å². The van der Waals surface area contributed by atoms with Crippen molar-refractivity contribution < 1.29 is 14.3 Å². The minimum atomic E-state index is -0.393. The molecular weight excluding hydrogens is 404 g/mol. The molecule has 32 heavy (non-hydrogen) atoms. The number of hydrogen-bond acceptors (Lipinski definition) is 6. The van der Waals surface area contributed by atoms with E-state index in [-0.39, 0.29) is 5.69 Å². The van der Waals surface area contributed by atoms with Crippen LogP contribution in [0, 0.1) is 0 Å². The van der Waals surface area contributed by atoms with E-state index in [1.807, 2.05) is 60.7 Å². The van der Waals surface area contributed by atoms with Gasteiger partial charge in [0.05, 0.1) is 18.1 Å². The molecule has 0 saturated carbocycles. The molecule has 7 heteroatoms. The lowest BCUT2D eigenvalue weighted by Gasteiger charge is -2.14. The third-order valence-electron chi connectivity index (χ3n) is 4.58. The summed E-state index contributed by atoms with van der Waals surface area (Å²) in [7, 11) is 0. The molecule has 0 unspecified atom stereocenters. The van der Waals surface area contributed by atoms with Gasteiger partial charge in [0.1, 0.15) is 24.7 Å². The molecule has 0 radical (unpaired) electrons. The van der Waals surface area contributed by atoms with Gasteiger partial charge in [0.15, 0.2) is 11.5 Å². The van der Waals surface area contributed by atoms with Crippen molar-refractivity contribution >= 4 is 17.4 Å². The van der Waals surface area contributed by atoms with Crippen LogP contribution in [0.25, 0.3) is 0 Å². The molecule has 0 atom stereocenters. The summed E-state index contributed by atoms with van der Waals surface area (Å²) in [6, 6.07) is 24.4. The number of pyridine rings is 2. The molecule has 2 aromatic carbocycles. The molecule has 7 nitrogen and oxygen atoms in total. The van der Waals surface area contributed by atoms with Crippen molar-refractivity contribution in [3.63, 3.8) is 0 Å². The highest BCUT2D eigenvalue weighted by Crippen LogP contribution is 2.29. The lowest BCUT2D eigenvalue weighted by molar-refractivity contribution is 0.102. The third kappa shape index (κ3) is 5.60. The fourth-order valence-corrected chi connectivity index (χ4v) is 2.91. The van der Waals surface area contributed by atoms with Crippen molar-refractivity contribution in [3.8, 4) is 11.5 Å². The van der Waals surface area contributed by atoms with Crippen LogP contribution in [0.2, 0.25) is 0 Å². The van der Waals surface area contributed by atoms with Crippen LogP contribution in [0.15, 0.2) is 91.3 Å². The summed E-state index contributed by atoms with van der Waals surface area (Å²) in [5.41, 5.74) is 8.31. The van der Waals surface area contributed by atoms with Crippen LogP contribution in [0.5, 0.6) is 11.5 Å². The zero-order valence-corrected chi connectivity index (χ0v) is 17.3. The third-order valence-corrected chi connectivity index (χ3v) is 4.58. The van der Waals surface area contributed by atoms with Crippen LogP contribution in [-0.2, 0) is 13.2 Å². The van der Waals surface area contributed by atoms with Gasteiger partial charge in [0.2, 0.25) is 0 Å². The summed E-state index contributed by atoms with van der Waals surface area (Å²) in [5.74, 6) is 0.865. The minimum absolute atomic E-state index is 0.192. The van der Waals surface area contributed by atoms with Gasteiger partial charge in [0.25, 0.3) is 5.91 Å². The summed E-state index contributed by atoms with van der Waals surface area (Å²) in [6.45, 7) is 0.683. The van der Waals surface area contributed by atoms with E-state index in [2.05, 4.69) is 15.3 Å². The number of nitrogens with two attached hydrogens (primary N) is 1. The molecule has 1 amide bonds. The number of nitrogens with one attached hydrogen (secondary N) is 1. The van der Waals surface area contributed by atoms with Gasteiger partial charge >= 0.3 is 0 Å². The standard InChI is InChI=1S/C25H22N4O3/c26-24-12-11-20(14-28-24)29-25(30)21-13-22(31-16-18-7-3-1-4-8-18)23(15-27-21)32-17-19-9-5-2-6-10-19/h1-15H,16-17H2,(H2,26,28)(H,29,30). The van der Waals surface area contributed by atoms with Gasteiger partial charge in [-0.1, -0.05) is 60.7 Å². The van der Waals surface area contributed by atoms with Crippen molar-refractivity contribution in [1.29, 1.82) is 0 Å². The predicted molar refractivity (Wildman–Crippen MR) is 122 cm³/mol. The molecule has 0 fully saturated rings. The smallest absolute Gasteiger partial charge is 0.274 e. The molecule has 2 heterocycles. The Morgan fingerprint density at radius 2 is 1.41 bits per heavy atom. The van der Waals surface area contributed by atoms with Crippen molar-refractivity contribution in [1.82, 2.24) is 9.97 Å². The molecule has 0 bridgehead atoms. The first-order chi connectivity index (χ1) is 15.7. The molecule has 160 valence electrons. The first kappa shape index (κ1) is 20.9. The molecule has 3 N–H and O–H groups in total. The van der Waals surface area contributed by atoms with Crippen molar-refractivity contribution in [3.05, 3.63) is 108 Å². The number of carbonyl (C=O) groups is 1. The second-order valence-electron chi connectivity index (χ2n) is 6.99. The van der Waals surface area contributed by atoms with Gasteiger partial charge in [-0.2, -0.15) is 0 Å². The lowest BCUT2D eigenvalue weighted by Crippen LogP contribution is -2.14. The average molecular weight is 426 g/mol. The van der Waals surface area contributed by atoms with Crippen LogP contribution < -0.4 is 20.5 Å². The molecule has 4 rings (SSSR count). The summed E-state index contributed by atoms with van der Waals surface area (Å²) in [4.78, 5) is 20.9. The monoisotopic (exact) mass is 426 g/mol. The van der Waals surface area contributed by atoms with Gasteiger partial charge in [-0.25, -0.2) is 9.97 Å². The first-order valence-corrected chi connectivity index (χ1v) is 10.0. The summed E-state index contributed by atoms with van der Waals surface area (Å²) in [5, 5.41) is 2.75. The Balaban J connectivity index is 1.53. The fourth-order valence-electron chi connectivity index (χ4n) is 2.91. The van der Waals surface area contributed by atoms with Crippen LogP contribution >= 0.6 is 0 Å². The predicted octanol–water partition coefficient (Wildman–Crippen LogP) is 4.47. The van der Waals surface area contributed by atoms with E-state index >= 15 is 0 Å². The van der Waals surface area contributed by atoms with E-state index in [1.54, 1.807) is 18.2 Å². The lowest BCUT2D eigenvalue weighted by atomic mass is 10.2. The number of benzene rings is 2. The first-order valence-electron chi connectivity index (χ1n) is 10.0. The highest BCUT2D eigenvalue weighted by molar-refractivity contribution is 6.03. The van der Waals surface area contributed by atoms with Crippen LogP contribution in [-0.4, -0.2) is 15.9 Å². The van der Waals surface area contributed by atoms with E-state index in [1.165, 1.54) is 12.4 Å². The Kier molecular flexibility index (Phi) is 6.57. The quantitative estimate of drug-likeness (QED) is 0.431. The summed E-state index contributed by atoms with van der Waals surface area (Å²) < 4.78 is 11.9. The second-order valence-corrected chi connectivity index (χ2v) is 6.99. The molecule has 0 aliphatic carbocycles. The molecule has 0 aliphatic heterocycles. The fraction of sp³-hybridized carbons (Fsp3) is 0.0800.